The maximum absolute atomic E-state index is 12.8. The minimum Gasteiger partial charge on any atom is -0.459 e. The van der Waals surface area contributed by atoms with Crippen molar-refractivity contribution in [1.82, 2.24) is 15.3 Å². The van der Waals surface area contributed by atoms with E-state index in [0.29, 0.717) is 25.2 Å². The predicted octanol–water partition coefficient (Wildman–Crippen LogP) is 2.84. The number of urea groups is 1. The molecule has 0 spiro atoms. The fourth-order valence-electron chi connectivity index (χ4n) is 3.34. The first kappa shape index (κ1) is 18.5. The molecule has 3 aromatic rings. The summed E-state index contributed by atoms with van der Waals surface area (Å²) in [6, 6.07) is 16.1. The zero-order valence-electron chi connectivity index (χ0n) is 15.6. The summed E-state index contributed by atoms with van der Waals surface area (Å²) >= 11 is 0. The van der Waals surface area contributed by atoms with Crippen LogP contribution in [-0.2, 0) is 4.79 Å². The van der Waals surface area contributed by atoms with Crippen LogP contribution in [0.5, 0.6) is 0 Å². The van der Waals surface area contributed by atoms with Gasteiger partial charge in [0.15, 0.2) is 5.76 Å². The molecule has 29 heavy (non-hydrogen) atoms. The van der Waals surface area contributed by atoms with Crippen LogP contribution in [0.4, 0.5) is 10.5 Å². The molecule has 1 aliphatic heterocycles. The van der Waals surface area contributed by atoms with Crippen LogP contribution in [0.15, 0.2) is 65.3 Å². The Bertz CT molecular complexity index is 1040. The number of carbonyl (C=O) groups is 3. The highest BCUT2D eigenvalue weighted by molar-refractivity contribution is 6.02. The van der Waals surface area contributed by atoms with Gasteiger partial charge in [-0.15, -0.1) is 0 Å². The molecular formula is C21H20N4O4. The molecule has 2 heterocycles. The quantitative estimate of drug-likeness (QED) is 0.714. The van der Waals surface area contributed by atoms with E-state index in [1.54, 1.807) is 6.07 Å². The lowest BCUT2D eigenvalue weighted by molar-refractivity contribution is -0.138. The van der Waals surface area contributed by atoms with Gasteiger partial charge in [0, 0.05) is 18.5 Å². The van der Waals surface area contributed by atoms with Crippen molar-refractivity contribution in [2.75, 3.05) is 25.0 Å². The van der Waals surface area contributed by atoms with Crippen molar-refractivity contribution in [2.24, 2.45) is 0 Å². The summed E-state index contributed by atoms with van der Waals surface area (Å²) in [6.45, 7) is 0.616. The second-order valence-corrected chi connectivity index (χ2v) is 6.61. The van der Waals surface area contributed by atoms with Crippen LogP contribution in [0.2, 0.25) is 0 Å². The maximum atomic E-state index is 12.8. The van der Waals surface area contributed by atoms with Crippen molar-refractivity contribution in [3.05, 3.63) is 66.6 Å². The zero-order chi connectivity index (χ0) is 20.2. The van der Waals surface area contributed by atoms with Crippen molar-refractivity contribution >= 4 is 34.3 Å². The van der Waals surface area contributed by atoms with Gasteiger partial charge in [0.2, 0.25) is 0 Å². The molecule has 2 N–H and O–H groups in total. The summed E-state index contributed by atoms with van der Waals surface area (Å²) in [7, 11) is 0. The summed E-state index contributed by atoms with van der Waals surface area (Å²) in [4.78, 5) is 37.3. The van der Waals surface area contributed by atoms with Crippen molar-refractivity contribution in [2.45, 2.75) is 6.42 Å². The molecule has 2 aromatic carbocycles. The van der Waals surface area contributed by atoms with Crippen LogP contribution in [-0.4, -0.2) is 47.5 Å². The summed E-state index contributed by atoms with van der Waals surface area (Å²) in [5, 5.41) is 10.1. The predicted molar refractivity (Wildman–Crippen MR) is 107 cm³/mol. The SMILES string of the molecule is O=C(NCC(=O)N1CCCN1C(=O)Nc1cccc2ccccc12)c1ccco1. The highest BCUT2D eigenvalue weighted by Gasteiger charge is 2.31. The smallest absolute Gasteiger partial charge is 0.340 e. The van der Waals surface area contributed by atoms with Crippen molar-refractivity contribution in [1.29, 1.82) is 0 Å². The van der Waals surface area contributed by atoms with E-state index in [9.17, 15) is 14.4 Å². The van der Waals surface area contributed by atoms with Crippen LogP contribution in [0.1, 0.15) is 17.0 Å². The number of rotatable bonds is 4. The number of carbonyl (C=O) groups excluding carboxylic acids is 3. The van der Waals surface area contributed by atoms with E-state index < -0.39 is 5.91 Å². The number of hydrazine groups is 1. The van der Waals surface area contributed by atoms with Crippen LogP contribution in [0.25, 0.3) is 10.8 Å². The highest BCUT2D eigenvalue weighted by Crippen LogP contribution is 2.24. The van der Waals surface area contributed by atoms with Gasteiger partial charge in [-0.1, -0.05) is 36.4 Å². The average molecular weight is 392 g/mol. The number of hydrogen-bond acceptors (Lipinski definition) is 4. The number of nitrogens with one attached hydrogen (secondary N) is 2. The molecule has 1 saturated heterocycles. The monoisotopic (exact) mass is 392 g/mol. The first-order chi connectivity index (χ1) is 14.1. The van der Waals surface area contributed by atoms with Gasteiger partial charge >= 0.3 is 6.03 Å². The number of furan rings is 1. The van der Waals surface area contributed by atoms with Gasteiger partial charge in [-0.05, 0) is 30.0 Å². The van der Waals surface area contributed by atoms with Gasteiger partial charge in [-0.3, -0.25) is 9.59 Å². The Balaban J connectivity index is 1.41. The van der Waals surface area contributed by atoms with Crippen molar-refractivity contribution in [3.63, 3.8) is 0 Å². The molecule has 0 unspecified atom stereocenters. The Labute approximate surface area is 167 Å². The molecule has 0 bridgehead atoms. The van der Waals surface area contributed by atoms with Gasteiger partial charge in [-0.25, -0.2) is 14.8 Å². The minimum absolute atomic E-state index is 0.129. The number of amides is 4. The van der Waals surface area contributed by atoms with E-state index in [1.807, 2.05) is 42.5 Å². The summed E-state index contributed by atoms with van der Waals surface area (Å²) in [5.74, 6) is -0.713. The summed E-state index contributed by atoms with van der Waals surface area (Å²) in [6.07, 6.45) is 2.05. The fraction of sp³-hybridized carbons (Fsp3) is 0.190. The highest BCUT2D eigenvalue weighted by atomic mass is 16.3. The van der Waals surface area contributed by atoms with E-state index in [-0.39, 0.29) is 24.2 Å². The number of benzene rings is 2. The fourth-order valence-corrected chi connectivity index (χ4v) is 3.34. The number of anilines is 1. The van der Waals surface area contributed by atoms with Gasteiger partial charge in [0.25, 0.3) is 11.8 Å². The first-order valence-electron chi connectivity index (χ1n) is 9.32. The molecule has 1 fully saturated rings. The Morgan fingerprint density at radius 2 is 1.72 bits per heavy atom. The Morgan fingerprint density at radius 1 is 0.931 bits per heavy atom. The van der Waals surface area contributed by atoms with E-state index in [2.05, 4.69) is 10.6 Å². The lowest BCUT2D eigenvalue weighted by Gasteiger charge is -2.28. The molecular weight excluding hydrogens is 372 g/mol. The van der Waals surface area contributed by atoms with E-state index >= 15 is 0 Å². The van der Waals surface area contributed by atoms with Crippen LogP contribution >= 0.6 is 0 Å². The summed E-state index contributed by atoms with van der Waals surface area (Å²) < 4.78 is 5.00. The number of hydrogen-bond donors (Lipinski definition) is 2. The topological polar surface area (TPSA) is 94.9 Å². The molecule has 0 saturated carbocycles. The van der Waals surface area contributed by atoms with Crippen LogP contribution in [0.3, 0.4) is 0 Å². The second kappa shape index (κ2) is 8.05. The third-order valence-corrected chi connectivity index (χ3v) is 4.73. The molecule has 148 valence electrons. The standard InChI is InChI=1S/C21H20N4O4/c26-19(14-22-20(27)18-10-4-13-29-18)24-11-5-12-25(24)21(28)23-17-9-3-7-15-6-1-2-8-16(15)17/h1-4,6-10,13H,5,11-12,14H2,(H,22,27)(H,23,28). The maximum Gasteiger partial charge on any atom is 0.340 e. The Hall–Kier alpha value is -3.81. The van der Waals surface area contributed by atoms with Gasteiger partial charge in [0.05, 0.1) is 18.5 Å². The molecule has 8 nitrogen and oxygen atoms in total. The number of nitrogens with zero attached hydrogens (tertiary/aromatic N) is 2. The zero-order valence-corrected chi connectivity index (χ0v) is 15.6. The van der Waals surface area contributed by atoms with Crippen molar-refractivity contribution in [3.8, 4) is 0 Å². The lowest BCUT2D eigenvalue weighted by Crippen LogP contribution is -2.49. The summed E-state index contributed by atoms with van der Waals surface area (Å²) in [5.41, 5.74) is 0.679. The third kappa shape index (κ3) is 3.91. The molecule has 4 rings (SSSR count). The third-order valence-electron chi connectivity index (χ3n) is 4.73. The van der Waals surface area contributed by atoms with E-state index in [4.69, 9.17) is 4.42 Å². The molecule has 8 heteroatoms. The minimum atomic E-state index is -0.477. The van der Waals surface area contributed by atoms with Gasteiger partial charge in [-0.2, -0.15) is 0 Å². The number of fused-ring (bicyclic) bond motifs is 1. The molecule has 1 aliphatic rings. The molecule has 0 radical (unpaired) electrons. The van der Waals surface area contributed by atoms with E-state index in [1.165, 1.54) is 22.3 Å². The first-order valence-corrected chi connectivity index (χ1v) is 9.32. The molecule has 4 amide bonds. The molecule has 0 aliphatic carbocycles. The Morgan fingerprint density at radius 3 is 2.55 bits per heavy atom. The van der Waals surface area contributed by atoms with Crippen molar-refractivity contribution < 1.29 is 18.8 Å². The lowest BCUT2D eigenvalue weighted by atomic mass is 10.1. The largest absolute Gasteiger partial charge is 0.459 e. The second-order valence-electron chi connectivity index (χ2n) is 6.61. The van der Waals surface area contributed by atoms with Crippen LogP contribution in [0, 0.1) is 0 Å². The van der Waals surface area contributed by atoms with Crippen LogP contribution < -0.4 is 10.6 Å². The van der Waals surface area contributed by atoms with E-state index in [0.717, 1.165) is 10.8 Å². The van der Waals surface area contributed by atoms with Gasteiger partial charge in [0.1, 0.15) is 0 Å². The normalized spacial score (nSPS) is 13.5. The molecule has 0 atom stereocenters. The Kier molecular flexibility index (Phi) is 5.15. The molecule has 1 aromatic heterocycles. The average Bonchev–Trinajstić information content (AvgIpc) is 3.44. The van der Waals surface area contributed by atoms with Gasteiger partial charge < -0.3 is 15.1 Å².